The molecule has 1 aromatic rings. The fraction of sp³-hybridized carbons (Fsp3) is 0.462. The molecular formula is C13H15ClO4. The molecule has 2 rings (SSSR count). The van der Waals surface area contributed by atoms with E-state index in [9.17, 15) is 4.79 Å². The Morgan fingerprint density at radius 3 is 2.33 bits per heavy atom. The third-order valence-electron chi connectivity index (χ3n) is 3.39. The minimum absolute atomic E-state index is 0.0994. The number of benzene rings is 1. The van der Waals surface area contributed by atoms with E-state index < -0.39 is 5.97 Å². The normalized spacial score (nSPS) is 16.2. The number of methoxy groups -OCH3 is 2. The zero-order chi connectivity index (χ0) is 13.3. The van der Waals surface area contributed by atoms with Gasteiger partial charge in [-0.15, -0.1) is 0 Å². The van der Waals surface area contributed by atoms with E-state index in [2.05, 4.69) is 0 Å². The van der Waals surface area contributed by atoms with E-state index in [1.54, 1.807) is 19.2 Å². The average molecular weight is 271 g/mol. The lowest BCUT2D eigenvalue weighted by Crippen LogP contribution is -2.13. The Bertz CT molecular complexity index is 480. The van der Waals surface area contributed by atoms with Gasteiger partial charge in [-0.3, -0.25) is 4.79 Å². The van der Waals surface area contributed by atoms with Crippen LogP contribution in [0.25, 0.3) is 0 Å². The zero-order valence-electron chi connectivity index (χ0n) is 10.3. The molecule has 1 fully saturated rings. The summed E-state index contributed by atoms with van der Waals surface area (Å²) in [5, 5.41) is 9.50. The first-order valence-electron chi connectivity index (χ1n) is 5.66. The first-order valence-corrected chi connectivity index (χ1v) is 6.04. The average Bonchev–Trinajstić information content (AvgIpc) is 3.08. The van der Waals surface area contributed by atoms with Crippen molar-refractivity contribution in [2.45, 2.75) is 24.7 Å². The number of aliphatic carboxylic acids is 1. The van der Waals surface area contributed by atoms with Gasteiger partial charge in [-0.2, -0.15) is 0 Å². The van der Waals surface area contributed by atoms with Crippen molar-refractivity contribution < 1.29 is 19.4 Å². The summed E-state index contributed by atoms with van der Waals surface area (Å²) in [5.41, 5.74) is 0.506. The highest BCUT2D eigenvalue weighted by molar-refractivity contribution is 6.31. The van der Waals surface area contributed by atoms with Gasteiger partial charge in [0.15, 0.2) is 11.5 Å². The topological polar surface area (TPSA) is 55.8 Å². The SMILES string of the molecule is COc1cc(Cl)c(C2(CC(=O)O)CC2)cc1OC. The monoisotopic (exact) mass is 270 g/mol. The summed E-state index contributed by atoms with van der Waals surface area (Å²) in [5.74, 6) is 0.323. The molecule has 0 saturated heterocycles. The molecular weight excluding hydrogens is 256 g/mol. The van der Waals surface area contributed by atoms with Crippen molar-refractivity contribution in [1.82, 2.24) is 0 Å². The highest BCUT2D eigenvalue weighted by Crippen LogP contribution is 2.54. The van der Waals surface area contributed by atoms with Crippen molar-refractivity contribution in [3.8, 4) is 11.5 Å². The van der Waals surface area contributed by atoms with E-state index in [1.807, 2.05) is 0 Å². The predicted octanol–water partition coefficient (Wildman–Crippen LogP) is 2.86. The van der Waals surface area contributed by atoms with E-state index in [0.29, 0.717) is 16.5 Å². The predicted molar refractivity (Wildman–Crippen MR) is 67.7 cm³/mol. The largest absolute Gasteiger partial charge is 0.493 e. The van der Waals surface area contributed by atoms with E-state index in [0.717, 1.165) is 18.4 Å². The van der Waals surface area contributed by atoms with Crippen LogP contribution in [0.3, 0.4) is 0 Å². The Morgan fingerprint density at radius 1 is 1.33 bits per heavy atom. The number of carbonyl (C=O) groups is 1. The second-order valence-electron chi connectivity index (χ2n) is 4.54. The van der Waals surface area contributed by atoms with Crippen LogP contribution >= 0.6 is 11.6 Å². The Kier molecular flexibility index (Phi) is 3.39. The maximum absolute atomic E-state index is 10.9. The molecule has 98 valence electrons. The lowest BCUT2D eigenvalue weighted by atomic mass is 9.92. The zero-order valence-corrected chi connectivity index (χ0v) is 11.1. The van der Waals surface area contributed by atoms with Crippen LogP contribution in [0.2, 0.25) is 5.02 Å². The minimum Gasteiger partial charge on any atom is -0.493 e. The lowest BCUT2D eigenvalue weighted by Gasteiger charge is -2.18. The summed E-state index contributed by atoms with van der Waals surface area (Å²) >= 11 is 6.22. The number of ether oxygens (including phenoxy) is 2. The van der Waals surface area contributed by atoms with Gasteiger partial charge in [0.2, 0.25) is 0 Å². The van der Waals surface area contributed by atoms with E-state index in [1.165, 1.54) is 7.11 Å². The van der Waals surface area contributed by atoms with E-state index in [-0.39, 0.29) is 11.8 Å². The smallest absolute Gasteiger partial charge is 0.304 e. The number of carboxylic acids is 1. The third kappa shape index (κ3) is 2.25. The van der Waals surface area contributed by atoms with Crippen LogP contribution in [0.4, 0.5) is 0 Å². The molecule has 0 unspecified atom stereocenters. The molecule has 0 bridgehead atoms. The van der Waals surface area contributed by atoms with Crippen LogP contribution in [0.1, 0.15) is 24.8 Å². The molecule has 1 saturated carbocycles. The number of carboxylic acid groups (broad SMARTS) is 1. The van der Waals surface area contributed by atoms with Gasteiger partial charge in [0.1, 0.15) is 0 Å². The summed E-state index contributed by atoms with van der Waals surface area (Å²) in [4.78, 5) is 10.9. The van der Waals surface area contributed by atoms with Crippen molar-refractivity contribution >= 4 is 17.6 Å². The number of hydrogen-bond donors (Lipinski definition) is 1. The molecule has 0 atom stereocenters. The van der Waals surface area contributed by atoms with Gasteiger partial charge >= 0.3 is 5.97 Å². The van der Waals surface area contributed by atoms with Crippen LogP contribution in [0.15, 0.2) is 12.1 Å². The highest BCUT2D eigenvalue weighted by atomic mass is 35.5. The highest BCUT2D eigenvalue weighted by Gasteiger charge is 2.47. The second-order valence-corrected chi connectivity index (χ2v) is 4.95. The fourth-order valence-corrected chi connectivity index (χ4v) is 2.60. The van der Waals surface area contributed by atoms with Gasteiger partial charge in [-0.25, -0.2) is 0 Å². The van der Waals surface area contributed by atoms with Crippen molar-refractivity contribution in [2.75, 3.05) is 14.2 Å². The van der Waals surface area contributed by atoms with Crippen molar-refractivity contribution in [3.05, 3.63) is 22.7 Å². The molecule has 1 aliphatic carbocycles. The molecule has 4 nitrogen and oxygen atoms in total. The van der Waals surface area contributed by atoms with Crippen LogP contribution in [-0.2, 0) is 10.2 Å². The molecule has 0 aliphatic heterocycles. The van der Waals surface area contributed by atoms with Crippen LogP contribution in [0.5, 0.6) is 11.5 Å². The van der Waals surface area contributed by atoms with Crippen LogP contribution in [0, 0.1) is 0 Å². The number of halogens is 1. The molecule has 0 aromatic heterocycles. The summed E-state index contributed by atoms with van der Waals surface area (Å²) < 4.78 is 10.4. The van der Waals surface area contributed by atoms with Crippen LogP contribution < -0.4 is 9.47 Å². The quantitative estimate of drug-likeness (QED) is 0.894. The molecule has 0 heterocycles. The first kappa shape index (κ1) is 13.0. The molecule has 18 heavy (non-hydrogen) atoms. The second kappa shape index (κ2) is 4.69. The fourth-order valence-electron chi connectivity index (χ4n) is 2.24. The van der Waals surface area contributed by atoms with Gasteiger partial charge in [0, 0.05) is 16.5 Å². The molecule has 0 amide bonds. The first-order chi connectivity index (χ1) is 8.52. The molecule has 0 radical (unpaired) electrons. The molecule has 1 N–H and O–H groups in total. The van der Waals surface area contributed by atoms with E-state index >= 15 is 0 Å². The van der Waals surface area contributed by atoms with Gasteiger partial charge in [-0.05, 0) is 24.5 Å². The summed E-state index contributed by atoms with van der Waals surface area (Å²) in [6.07, 6.45) is 1.78. The van der Waals surface area contributed by atoms with Gasteiger partial charge in [-0.1, -0.05) is 11.6 Å². The maximum Gasteiger partial charge on any atom is 0.304 e. The van der Waals surface area contributed by atoms with E-state index in [4.69, 9.17) is 26.2 Å². The lowest BCUT2D eigenvalue weighted by molar-refractivity contribution is -0.137. The Morgan fingerprint density at radius 2 is 1.89 bits per heavy atom. The van der Waals surface area contributed by atoms with Gasteiger partial charge in [0.25, 0.3) is 0 Å². The minimum atomic E-state index is -0.807. The summed E-state index contributed by atoms with van der Waals surface area (Å²) in [7, 11) is 3.09. The molecule has 0 spiro atoms. The Balaban J connectivity index is 2.42. The summed E-state index contributed by atoms with van der Waals surface area (Å²) in [6, 6.07) is 3.47. The Hall–Kier alpha value is -1.42. The molecule has 5 heteroatoms. The number of rotatable bonds is 5. The standard InChI is InChI=1S/C13H15ClO4/c1-17-10-5-8(9(14)6-11(10)18-2)13(3-4-13)7-12(15)16/h5-6H,3-4,7H2,1-2H3,(H,15,16). The molecule has 1 aliphatic rings. The van der Waals surface area contributed by atoms with Crippen molar-refractivity contribution in [3.63, 3.8) is 0 Å². The third-order valence-corrected chi connectivity index (χ3v) is 3.70. The van der Waals surface area contributed by atoms with Gasteiger partial charge in [0.05, 0.1) is 20.6 Å². The van der Waals surface area contributed by atoms with Crippen molar-refractivity contribution in [1.29, 1.82) is 0 Å². The van der Waals surface area contributed by atoms with Gasteiger partial charge < -0.3 is 14.6 Å². The van der Waals surface area contributed by atoms with Crippen LogP contribution in [-0.4, -0.2) is 25.3 Å². The molecule has 1 aromatic carbocycles. The summed E-state index contributed by atoms with van der Waals surface area (Å²) in [6.45, 7) is 0. The number of hydrogen-bond acceptors (Lipinski definition) is 3. The Labute approximate surface area is 110 Å². The maximum atomic E-state index is 10.9. The van der Waals surface area contributed by atoms with Crippen molar-refractivity contribution in [2.24, 2.45) is 0 Å².